The van der Waals surface area contributed by atoms with Crippen LogP contribution in [0, 0.1) is 11.3 Å². The van der Waals surface area contributed by atoms with Gasteiger partial charge >= 0.3 is 0 Å². The molecule has 5 N–H and O–H groups in total. The molecule has 1 rings (SSSR count). The van der Waals surface area contributed by atoms with Gasteiger partial charge in [-0.1, -0.05) is 0 Å². The zero-order chi connectivity index (χ0) is 12.1. The molecule has 0 aliphatic carbocycles. The maximum absolute atomic E-state index is 10.7. The van der Waals surface area contributed by atoms with Gasteiger partial charge in [-0.2, -0.15) is 5.26 Å². The molecule has 0 aliphatic rings. The first kappa shape index (κ1) is 11.9. The van der Waals surface area contributed by atoms with E-state index in [4.69, 9.17) is 16.7 Å². The van der Waals surface area contributed by atoms with Gasteiger partial charge in [0, 0.05) is 23.8 Å². The van der Waals surface area contributed by atoms with Crippen molar-refractivity contribution in [1.82, 2.24) is 0 Å². The van der Waals surface area contributed by atoms with Gasteiger partial charge in [-0.05, 0) is 25.1 Å². The lowest BCUT2D eigenvalue weighted by Crippen LogP contribution is -2.24. The summed E-state index contributed by atoms with van der Waals surface area (Å²) in [5, 5.41) is 11.9. The molecule has 84 valence electrons. The summed E-state index contributed by atoms with van der Waals surface area (Å²) >= 11 is 0. The van der Waals surface area contributed by atoms with E-state index >= 15 is 0 Å². The number of nitrogen functional groups attached to an aromatic ring is 1. The highest BCUT2D eigenvalue weighted by Gasteiger charge is 2.06. The minimum Gasteiger partial charge on any atom is -0.398 e. The first-order valence-electron chi connectivity index (χ1n) is 4.87. The number of primary amides is 1. The monoisotopic (exact) mass is 218 g/mol. The molecule has 0 radical (unpaired) electrons. The number of nitrogens with one attached hydrogen (secondary N) is 1. The molecular formula is C11H14N4O. The van der Waals surface area contributed by atoms with Crippen molar-refractivity contribution in [1.29, 1.82) is 5.26 Å². The van der Waals surface area contributed by atoms with Crippen LogP contribution in [0.2, 0.25) is 0 Å². The topological polar surface area (TPSA) is 105 Å². The minimum absolute atomic E-state index is 0.0762. The van der Waals surface area contributed by atoms with Crippen LogP contribution in [0.25, 0.3) is 0 Å². The second-order valence-corrected chi connectivity index (χ2v) is 3.63. The summed E-state index contributed by atoms with van der Waals surface area (Å²) in [6.45, 7) is 1.84. The number of nitriles is 1. The highest BCUT2D eigenvalue weighted by atomic mass is 16.1. The van der Waals surface area contributed by atoms with Gasteiger partial charge in [-0.15, -0.1) is 0 Å². The van der Waals surface area contributed by atoms with E-state index in [0.29, 0.717) is 11.3 Å². The normalized spacial score (nSPS) is 11.5. The van der Waals surface area contributed by atoms with Crippen molar-refractivity contribution < 1.29 is 4.79 Å². The van der Waals surface area contributed by atoms with Crippen molar-refractivity contribution in [3.8, 4) is 6.07 Å². The Morgan fingerprint density at radius 1 is 1.62 bits per heavy atom. The summed E-state index contributed by atoms with van der Waals surface area (Å²) in [6, 6.07) is 6.97. The molecule has 1 aromatic rings. The van der Waals surface area contributed by atoms with Crippen molar-refractivity contribution in [2.45, 2.75) is 19.4 Å². The third-order valence-electron chi connectivity index (χ3n) is 2.09. The summed E-state index contributed by atoms with van der Waals surface area (Å²) < 4.78 is 0. The lowest BCUT2D eigenvalue weighted by molar-refractivity contribution is -0.118. The maximum atomic E-state index is 10.7. The molecule has 1 amide bonds. The number of benzene rings is 1. The van der Waals surface area contributed by atoms with Gasteiger partial charge < -0.3 is 16.8 Å². The van der Waals surface area contributed by atoms with E-state index in [9.17, 15) is 4.79 Å². The van der Waals surface area contributed by atoms with Crippen LogP contribution in [-0.4, -0.2) is 11.9 Å². The Hall–Kier alpha value is -2.22. The SMILES string of the molecule is CC(CC(N)=O)Nc1ccc(N)c(C#N)c1. The van der Waals surface area contributed by atoms with Gasteiger partial charge in [0.05, 0.1) is 5.56 Å². The number of nitrogens with zero attached hydrogens (tertiary/aromatic N) is 1. The van der Waals surface area contributed by atoms with E-state index in [1.165, 1.54) is 0 Å². The Kier molecular flexibility index (Phi) is 3.72. The Morgan fingerprint density at radius 2 is 2.31 bits per heavy atom. The van der Waals surface area contributed by atoms with Gasteiger partial charge in [0.15, 0.2) is 0 Å². The van der Waals surface area contributed by atoms with Gasteiger partial charge in [-0.3, -0.25) is 4.79 Å². The Balaban J connectivity index is 2.75. The molecule has 0 aliphatic heterocycles. The molecule has 0 saturated carbocycles. The summed E-state index contributed by atoms with van der Waals surface area (Å²) in [5.41, 5.74) is 12.3. The van der Waals surface area contributed by atoms with Crippen LogP contribution in [0.1, 0.15) is 18.9 Å². The zero-order valence-electron chi connectivity index (χ0n) is 9.03. The van der Waals surface area contributed by atoms with Gasteiger partial charge in [0.25, 0.3) is 0 Å². The Labute approximate surface area is 94.0 Å². The molecule has 5 heteroatoms. The highest BCUT2D eigenvalue weighted by molar-refractivity contribution is 5.75. The molecular weight excluding hydrogens is 204 g/mol. The van der Waals surface area contributed by atoms with Crippen molar-refractivity contribution in [3.63, 3.8) is 0 Å². The number of hydrogen-bond donors (Lipinski definition) is 3. The number of carbonyl (C=O) groups is 1. The lowest BCUT2D eigenvalue weighted by Gasteiger charge is -2.13. The van der Waals surface area contributed by atoms with E-state index in [1.54, 1.807) is 18.2 Å². The molecule has 1 aromatic carbocycles. The smallest absolute Gasteiger partial charge is 0.219 e. The molecule has 1 atom stereocenters. The fourth-order valence-corrected chi connectivity index (χ4v) is 1.38. The predicted molar refractivity (Wildman–Crippen MR) is 62.5 cm³/mol. The molecule has 0 heterocycles. The average molecular weight is 218 g/mol. The number of amides is 1. The quantitative estimate of drug-likeness (QED) is 0.650. The number of carbonyl (C=O) groups excluding carboxylic acids is 1. The first-order valence-corrected chi connectivity index (χ1v) is 4.87. The van der Waals surface area contributed by atoms with Crippen LogP contribution in [0.5, 0.6) is 0 Å². The van der Waals surface area contributed by atoms with E-state index in [0.717, 1.165) is 5.69 Å². The fraction of sp³-hybridized carbons (Fsp3) is 0.273. The fourth-order valence-electron chi connectivity index (χ4n) is 1.38. The van der Waals surface area contributed by atoms with E-state index in [1.807, 2.05) is 13.0 Å². The molecule has 1 unspecified atom stereocenters. The van der Waals surface area contributed by atoms with E-state index in [-0.39, 0.29) is 18.4 Å². The predicted octanol–water partition coefficient (Wildman–Crippen LogP) is 0.816. The highest BCUT2D eigenvalue weighted by Crippen LogP contribution is 2.17. The number of anilines is 2. The number of hydrogen-bond acceptors (Lipinski definition) is 4. The molecule has 0 spiro atoms. The van der Waals surface area contributed by atoms with Crippen LogP contribution in [0.3, 0.4) is 0 Å². The molecule has 0 aromatic heterocycles. The molecule has 5 nitrogen and oxygen atoms in total. The summed E-state index contributed by atoms with van der Waals surface area (Å²) in [4.78, 5) is 10.7. The van der Waals surface area contributed by atoms with E-state index in [2.05, 4.69) is 5.32 Å². The Bertz CT molecular complexity index is 436. The van der Waals surface area contributed by atoms with Gasteiger partial charge in [0.1, 0.15) is 6.07 Å². The summed E-state index contributed by atoms with van der Waals surface area (Å²) in [6.07, 6.45) is 0.242. The standard InChI is InChI=1S/C11H14N4O/c1-7(4-11(14)16)15-9-2-3-10(13)8(5-9)6-12/h2-3,5,7,15H,4,13H2,1H3,(H2,14,16). The number of nitrogens with two attached hydrogens (primary N) is 2. The van der Waals surface area contributed by atoms with Gasteiger partial charge in [-0.25, -0.2) is 0 Å². The average Bonchev–Trinajstić information content (AvgIpc) is 2.19. The second kappa shape index (κ2) is 5.03. The van der Waals surface area contributed by atoms with Crippen molar-refractivity contribution in [3.05, 3.63) is 23.8 Å². The van der Waals surface area contributed by atoms with Gasteiger partial charge in [0.2, 0.25) is 5.91 Å². The molecule has 16 heavy (non-hydrogen) atoms. The lowest BCUT2D eigenvalue weighted by atomic mass is 10.1. The van der Waals surface area contributed by atoms with Crippen LogP contribution in [0.4, 0.5) is 11.4 Å². The zero-order valence-corrected chi connectivity index (χ0v) is 9.03. The molecule has 0 bridgehead atoms. The minimum atomic E-state index is -0.365. The van der Waals surface area contributed by atoms with Crippen LogP contribution in [0.15, 0.2) is 18.2 Å². The largest absolute Gasteiger partial charge is 0.398 e. The van der Waals surface area contributed by atoms with Crippen LogP contribution >= 0.6 is 0 Å². The van der Waals surface area contributed by atoms with Crippen LogP contribution < -0.4 is 16.8 Å². The van der Waals surface area contributed by atoms with Crippen LogP contribution in [-0.2, 0) is 4.79 Å². The second-order valence-electron chi connectivity index (χ2n) is 3.63. The molecule has 0 saturated heterocycles. The van der Waals surface area contributed by atoms with Crippen molar-refractivity contribution >= 4 is 17.3 Å². The maximum Gasteiger partial charge on any atom is 0.219 e. The molecule has 0 fully saturated rings. The van der Waals surface area contributed by atoms with Crippen molar-refractivity contribution in [2.24, 2.45) is 5.73 Å². The van der Waals surface area contributed by atoms with Crippen molar-refractivity contribution in [2.75, 3.05) is 11.1 Å². The number of rotatable bonds is 4. The Morgan fingerprint density at radius 3 is 2.88 bits per heavy atom. The first-order chi connectivity index (χ1) is 7.52. The third-order valence-corrected chi connectivity index (χ3v) is 2.09. The summed E-state index contributed by atoms with van der Waals surface area (Å²) in [5.74, 6) is -0.365. The van der Waals surface area contributed by atoms with E-state index < -0.39 is 0 Å². The summed E-state index contributed by atoms with van der Waals surface area (Å²) in [7, 11) is 0. The third kappa shape index (κ3) is 3.17.